The van der Waals surface area contributed by atoms with Crippen LogP contribution in [0.3, 0.4) is 0 Å². The lowest BCUT2D eigenvalue weighted by atomic mass is 9.83. The number of hydrogen-bond donors (Lipinski definition) is 2. The van der Waals surface area contributed by atoms with E-state index in [2.05, 4.69) is 22.0 Å². The summed E-state index contributed by atoms with van der Waals surface area (Å²) in [5.41, 5.74) is 5.96. The first-order valence-electron chi connectivity index (χ1n) is 11.8. The summed E-state index contributed by atoms with van der Waals surface area (Å²) < 4.78 is 6.36. The van der Waals surface area contributed by atoms with Gasteiger partial charge in [-0.05, 0) is 38.0 Å². The number of rotatable bonds is 12. The number of hydrogen-bond acceptors (Lipinski definition) is 6. The molecule has 0 radical (unpaired) electrons. The van der Waals surface area contributed by atoms with Crippen LogP contribution in [0.2, 0.25) is 0 Å². The third-order valence-electron chi connectivity index (χ3n) is 6.18. The Morgan fingerprint density at radius 2 is 2.09 bits per heavy atom. The fourth-order valence-electron chi connectivity index (χ4n) is 4.16. The van der Waals surface area contributed by atoms with Gasteiger partial charge in [0.15, 0.2) is 0 Å². The molecule has 0 saturated heterocycles. The molecule has 3 rings (SSSR count). The van der Waals surface area contributed by atoms with Crippen molar-refractivity contribution in [3.8, 4) is 0 Å². The van der Waals surface area contributed by atoms with Crippen LogP contribution in [-0.4, -0.2) is 39.4 Å². The molecule has 2 aliphatic rings. The molecule has 2 saturated carbocycles. The van der Waals surface area contributed by atoms with E-state index in [4.69, 9.17) is 10.2 Å². The summed E-state index contributed by atoms with van der Waals surface area (Å²) in [7, 11) is 0. The quantitative estimate of drug-likeness (QED) is 0.220. The van der Waals surface area contributed by atoms with Crippen molar-refractivity contribution in [2.75, 3.05) is 0 Å². The van der Waals surface area contributed by atoms with Crippen molar-refractivity contribution in [3.05, 3.63) is 29.1 Å². The summed E-state index contributed by atoms with van der Waals surface area (Å²) in [6.07, 6.45) is 9.75. The van der Waals surface area contributed by atoms with Gasteiger partial charge in [0.05, 0.1) is 30.4 Å². The SMILES string of the molecule is C=CCC(N)=N[C@H]1CCCC[C@H]1C(=O)N[C@@H](CCCC)C(=O)c1nn(CC2CC2)c(=O)o1. The fraction of sp³-hybridized carbons (Fsp3) is 0.696. The average Bonchev–Trinajstić information content (AvgIpc) is 3.52. The number of nitrogens with zero attached hydrogens (tertiary/aromatic N) is 3. The molecule has 0 unspecified atom stereocenters. The van der Waals surface area contributed by atoms with E-state index in [1.54, 1.807) is 6.08 Å². The Balaban J connectivity index is 1.72. The molecule has 32 heavy (non-hydrogen) atoms. The van der Waals surface area contributed by atoms with Crippen LogP contribution >= 0.6 is 0 Å². The Bertz CT molecular complexity index is 898. The van der Waals surface area contributed by atoms with Crippen LogP contribution in [0.25, 0.3) is 0 Å². The van der Waals surface area contributed by atoms with Gasteiger partial charge in [-0.1, -0.05) is 38.7 Å². The Kier molecular flexibility index (Phi) is 8.41. The Morgan fingerprint density at radius 3 is 2.78 bits per heavy atom. The number of nitrogens with two attached hydrogens (primary N) is 1. The van der Waals surface area contributed by atoms with Gasteiger partial charge in [-0.3, -0.25) is 14.6 Å². The molecule has 0 aliphatic heterocycles. The zero-order valence-electron chi connectivity index (χ0n) is 18.9. The van der Waals surface area contributed by atoms with Gasteiger partial charge in [0.25, 0.3) is 5.89 Å². The predicted molar refractivity (Wildman–Crippen MR) is 121 cm³/mol. The van der Waals surface area contributed by atoms with Gasteiger partial charge in [0.1, 0.15) is 0 Å². The number of aromatic nitrogens is 2. The number of ketones is 1. The topological polar surface area (TPSA) is 133 Å². The molecular weight excluding hydrogens is 410 g/mol. The minimum absolute atomic E-state index is 0.207. The van der Waals surface area contributed by atoms with Crippen molar-refractivity contribution in [1.82, 2.24) is 15.1 Å². The van der Waals surface area contributed by atoms with Gasteiger partial charge in [-0.25, -0.2) is 4.79 Å². The first kappa shape index (κ1) is 23.9. The molecule has 176 valence electrons. The first-order chi connectivity index (χ1) is 15.4. The Morgan fingerprint density at radius 1 is 1.34 bits per heavy atom. The highest BCUT2D eigenvalue weighted by Crippen LogP contribution is 2.30. The van der Waals surface area contributed by atoms with E-state index in [0.29, 0.717) is 37.6 Å². The largest absolute Gasteiger partial charge is 0.437 e. The van der Waals surface area contributed by atoms with Crippen molar-refractivity contribution < 1.29 is 14.0 Å². The molecule has 0 bridgehead atoms. The molecule has 1 aromatic heterocycles. The Hall–Kier alpha value is -2.71. The summed E-state index contributed by atoms with van der Waals surface area (Å²) >= 11 is 0. The highest BCUT2D eigenvalue weighted by Gasteiger charge is 2.35. The standard InChI is InChI=1S/C23H35N5O4/c1-3-5-10-18(20(29)22-27-28(23(31)32-22)14-15-12-13-15)26-21(30)16-9-6-7-11-17(16)25-19(24)8-4-2/h4,15-18H,2-3,5-14H2,1H3,(H2,24,25)(H,26,30)/t16-,17+,18+/m1/s1. The van der Waals surface area contributed by atoms with Crippen molar-refractivity contribution in [2.24, 2.45) is 22.6 Å². The molecule has 1 amide bonds. The minimum Gasteiger partial charge on any atom is -0.387 e. The maximum Gasteiger partial charge on any atom is 0.437 e. The van der Waals surface area contributed by atoms with Gasteiger partial charge in [-0.2, -0.15) is 4.68 Å². The molecule has 1 heterocycles. The second-order valence-corrected chi connectivity index (χ2v) is 8.94. The molecule has 0 spiro atoms. The highest BCUT2D eigenvalue weighted by molar-refractivity contribution is 5.98. The van der Waals surface area contributed by atoms with Gasteiger partial charge in [-0.15, -0.1) is 11.7 Å². The molecule has 9 nitrogen and oxygen atoms in total. The summed E-state index contributed by atoms with van der Waals surface area (Å²) in [6, 6.07) is -0.992. The monoisotopic (exact) mass is 445 g/mol. The van der Waals surface area contributed by atoms with Crippen LogP contribution in [0, 0.1) is 11.8 Å². The zero-order chi connectivity index (χ0) is 23.1. The molecular formula is C23H35N5O4. The van der Waals surface area contributed by atoms with Crippen molar-refractivity contribution in [1.29, 1.82) is 0 Å². The zero-order valence-corrected chi connectivity index (χ0v) is 18.9. The maximum atomic E-state index is 13.2. The van der Waals surface area contributed by atoms with Crippen LogP contribution in [0.1, 0.15) is 81.8 Å². The normalized spacial score (nSPS) is 22.3. The Labute approximate surface area is 188 Å². The summed E-state index contributed by atoms with van der Waals surface area (Å²) in [5, 5.41) is 7.01. The number of carbonyl (C=O) groups excluding carboxylic acids is 2. The highest BCUT2D eigenvalue weighted by atomic mass is 16.4. The molecule has 2 aliphatic carbocycles. The van der Waals surface area contributed by atoms with Crippen molar-refractivity contribution in [2.45, 2.75) is 89.8 Å². The summed E-state index contributed by atoms with van der Waals surface area (Å²) in [6.45, 7) is 6.16. The lowest BCUT2D eigenvalue weighted by molar-refractivity contribution is -0.127. The number of unbranched alkanes of at least 4 members (excludes halogenated alkanes) is 1. The van der Waals surface area contributed by atoms with E-state index in [1.807, 2.05) is 6.92 Å². The number of amides is 1. The third kappa shape index (κ3) is 6.40. The third-order valence-corrected chi connectivity index (χ3v) is 6.18. The van der Waals surface area contributed by atoms with Gasteiger partial charge < -0.3 is 15.5 Å². The molecule has 3 atom stereocenters. The first-order valence-corrected chi connectivity index (χ1v) is 11.8. The van der Waals surface area contributed by atoms with E-state index < -0.39 is 17.6 Å². The molecule has 1 aromatic rings. The van der Waals surface area contributed by atoms with Gasteiger partial charge in [0, 0.05) is 6.42 Å². The number of Topliss-reactive ketones (excluding diaryl/α,β-unsaturated/α-hetero) is 1. The van der Waals surface area contributed by atoms with E-state index >= 15 is 0 Å². The smallest absolute Gasteiger partial charge is 0.387 e. The predicted octanol–water partition coefficient (Wildman–Crippen LogP) is 2.60. The lowest BCUT2D eigenvalue weighted by Gasteiger charge is -2.29. The second-order valence-electron chi connectivity index (χ2n) is 8.94. The minimum atomic E-state index is -0.785. The van der Waals surface area contributed by atoms with E-state index in [-0.39, 0.29) is 23.8 Å². The summed E-state index contributed by atoms with van der Waals surface area (Å²) in [5.74, 6) is -0.978. The van der Waals surface area contributed by atoms with Gasteiger partial charge in [0.2, 0.25) is 11.7 Å². The molecule has 2 fully saturated rings. The van der Waals surface area contributed by atoms with Crippen LogP contribution in [0.15, 0.2) is 26.9 Å². The van der Waals surface area contributed by atoms with Crippen LogP contribution in [-0.2, 0) is 11.3 Å². The van der Waals surface area contributed by atoms with Gasteiger partial charge >= 0.3 is 5.76 Å². The number of aliphatic imine (C=N–C) groups is 1. The average molecular weight is 446 g/mol. The van der Waals surface area contributed by atoms with Crippen molar-refractivity contribution in [3.63, 3.8) is 0 Å². The van der Waals surface area contributed by atoms with E-state index in [0.717, 1.165) is 44.9 Å². The molecule has 0 aromatic carbocycles. The number of nitrogens with one attached hydrogen (secondary N) is 1. The fourth-order valence-corrected chi connectivity index (χ4v) is 4.16. The number of amidine groups is 1. The van der Waals surface area contributed by atoms with Crippen molar-refractivity contribution >= 4 is 17.5 Å². The molecule has 9 heteroatoms. The van der Waals surface area contributed by atoms with Crippen LogP contribution < -0.4 is 16.8 Å². The maximum absolute atomic E-state index is 13.2. The second kappa shape index (κ2) is 11.2. The van der Waals surface area contributed by atoms with Crippen LogP contribution in [0.4, 0.5) is 0 Å². The number of carbonyl (C=O) groups is 2. The van der Waals surface area contributed by atoms with E-state index in [9.17, 15) is 14.4 Å². The summed E-state index contributed by atoms with van der Waals surface area (Å²) in [4.78, 5) is 42.9. The molecule has 3 N–H and O–H groups in total. The van der Waals surface area contributed by atoms with E-state index in [1.165, 1.54) is 4.68 Å². The lowest BCUT2D eigenvalue weighted by Crippen LogP contribution is -2.47. The van der Waals surface area contributed by atoms with Crippen LogP contribution in [0.5, 0.6) is 0 Å².